The maximum atomic E-state index is 11.7. The van der Waals surface area contributed by atoms with Gasteiger partial charge in [0.2, 0.25) is 0 Å². The smallest absolute Gasteiger partial charge is 0.131 e. The first-order chi connectivity index (χ1) is 14.2. The van der Waals surface area contributed by atoms with Crippen molar-refractivity contribution in [3.05, 3.63) is 90.6 Å². The first-order valence-corrected chi connectivity index (χ1v) is 10.7. The van der Waals surface area contributed by atoms with Crippen LogP contribution in [-0.4, -0.2) is 39.2 Å². The van der Waals surface area contributed by atoms with Crippen LogP contribution in [-0.2, 0) is 6.54 Å². The van der Waals surface area contributed by atoms with Crippen LogP contribution in [0.15, 0.2) is 79.5 Å². The fraction of sp³-hybridized carbons (Fsp3) is 0.346. The van der Waals surface area contributed by atoms with Crippen LogP contribution in [0.3, 0.4) is 0 Å². The monoisotopic (exact) mass is 438 g/mol. The Hall–Kier alpha value is -2.24. The Labute approximate surface area is 190 Å². The average Bonchev–Trinajstić information content (AvgIpc) is 2.78. The number of hydrogen-bond donors (Lipinski definition) is 1. The lowest BCUT2D eigenvalue weighted by Crippen LogP contribution is -3.00. The molecule has 3 aliphatic heterocycles. The highest BCUT2D eigenvalue weighted by Gasteiger charge is 2.53. The Kier molecular flexibility index (Phi) is 7.17. The van der Waals surface area contributed by atoms with Crippen LogP contribution in [0.2, 0.25) is 0 Å². The summed E-state index contributed by atoms with van der Waals surface area (Å²) in [7, 11) is 0. The van der Waals surface area contributed by atoms with Crippen LogP contribution < -0.4 is 12.4 Å². The van der Waals surface area contributed by atoms with Crippen molar-refractivity contribution >= 4 is 10.9 Å². The summed E-state index contributed by atoms with van der Waals surface area (Å²) in [5.74, 6) is 1.18. The molecule has 1 aromatic heterocycles. The lowest BCUT2D eigenvalue weighted by atomic mass is 9.71. The number of fused-ring (bicyclic) bond motifs is 4. The van der Waals surface area contributed by atoms with E-state index in [1.54, 1.807) is 0 Å². The standard InChI is InChI=1S/C26H29N2O.ClH.H2O/c1-2-20-18-28(17-19-8-4-3-5-9-19)15-13-21(20)16-25(28)26(29)23-12-14-27-24-11-7-6-10-22(23)24;;/h2-12,14,20-21,25-26,29H,1,13,15-18H2;1H;1H2/q+1;;/p-1/t20-,21-,25-,26+,28?;;/m0../s1. The molecule has 3 aliphatic rings. The maximum Gasteiger partial charge on any atom is 0.131 e. The first kappa shape index (κ1) is 23.4. The lowest BCUT2D eigenvalue weighted by Gasteiger charge is -2.58. The Morgan fingerprint density at radius 3 is 2.61 bits per heavy atom. The first-order valence-electron chi connectivity index (χ1n) is 10.7. The summed E-state index contributed by atoms with van der Waals surface area (Å²) >= 11 is 0. The van der Waals surface area contributed by atoms with Gasteiger partial charge in [-0.1, -0.05) is 54.6 Å². The molecule has 0 radical (unpaired) electrons. The number of quaternary nitrogens is 1. The zero-order chi connectivity index (χ0) is 19.8. The molecule has 1 unspecified atom stereocenters. The number of aliphatic hydroxyl groups is 1. The fourth-order valence-corrected chi connectivity index (χ4v) is 5.91. The predicted molar refractivity (Wildman–Crippen MR) is 121 cm³/mol. The van der Waals surface area contributed by atoms with Gasteiger partial charge in [-0.25, -0.2) is 0 Å². The van der Waals surface area contributed by atoms with Crippen LogP contribution in [0.4, 0.5) is 0 Å². The third-order valence-electron chi connectivity index (χ3n) is 7.38. The maximum absolute atomic E-state index is 11.7. The SMILES string of the molecule is C=C[C@H]1C[N+]2(Cc3ccccc3)CC[C@H]1C[C@H]2[C@H](O)c1ccnc2ccccc12.O.[Cl-]. The minimum absolute atomic E-state index is 0. The molecule has 5 atom stereocenters. The lowest BCUT2D eigenvalue weighted by molar-refractivity contribution is -0.984. The van der Waals surface area contributed by atoms with E-state index in [-0.39, 0.29) is 23.9 Å². The Morgan fingerprint density at radius 1 is 1.10 bits per heavy atom. The second kappa shape index (κ2) is 9.49. The van der Waals surface area contributed by atoms with Crippen molar-refractivity contribution in [3.63, 3.8) is 0 Å². The zero-order valence-corrected chi connectivity index (χ0v) is 18.5. The van der Waals surface area contributed by atoms with E-state index in [2.05, 4.69) is 54.0 Å². The van der Waals surface area contributed by atoms with Gasteiger partial charge in [-0.2, -0.15) is 0 Å². The number of pyridine rings is 1. The van der Waals surface area contributed by atoms with E-state index in [1.165, 1.54) is 12.0 Å². The molecule has 3 aromatic rings. The molecule has 4 nitrogen and oxygen atoms in total. The van der Waals surface area contributed by atoms with Crippen molar-refractivity contribution in [2.24, 2.45) is 11.8 Å². The van der Waals surface area contributed by atoms with E-state index in [1.807, 2.05) is 30.5 Å². The largest absolute Gasteiger partial charge is 1.00 e. The van der Waals surface area contributed by atoms with Gasteiger partial charge in [0, 0.05) is 35.9 Å². The van der Waals surface area contributed by atoms with E-state index < -0.39 is 6.10 Å². The average molecular weight is 439 g/mol. The fourth-order valence-electron chi connectivity index (χ4n) is 5.91. The normalized spacial score (nSPS) is 27.7. The van der Waals surface area contributed by atoms with Gasteiger partial charge >= 0.3 is 0 Å². The number of rotatable bonds is 5. The minimum atomic E-state index is -0.486. The number of hydrogen-bond acceptors (Lipinski definition) is 2. The molecule has 4 heterocycles. The minimum Gasteiger partial charge on any atom is -1.00 e. The topological polar surface area (TPSA) is 64.6 Å². The van der Waals surface area contributed by atoms with Gasteiger partial charge in [0.25, 0.3) is 0 Å². The third kappa shape index (κ3) is 4.13. The number of aromatic nitrogens is 1. The predicted octanol–water partition coefficient (Wildman–Crippen LogP) is 1.06. The molecule has 3 saturated heterocycles. The molecule has 2 bridgehead atoms. The van der Waals surface area contributed by atoms with Crippen LogP contribution in [0.5, 0.6) is 0 Å². The van der Waals surface area contributed by atoms with Crippen molar-refractivity contribution in [1.29, 1.82) is 0 Å². The van der Waals surface area contributed by atoms with Crippen LogP contribution in [0.1, 0.15) is 30.1 Å². The van der Waals surface area contributed by atoms with Crippen LogP contribution in [0, 0.1) is 11.8 Å². The molecule has 31 heavy (non-hydrogen) atoms. The number of benzene rings is 2. The highest BCUT2D eigenvalue weighted by molar-refractivity contribution is 5.82. The number of piperidine rings is 3. The van der Waals surface area contributed by atoms with Crippen LogP contribution in [0.25, 0.3) is 10.9 Å². The Balaban J connectivity index is 0.00000136. The van der Waals surface area contributed by atoms with Crippen molar-refractivity contribution < 1.29 is 27.5 Å². The second-order valence-corrected chi connectivity index (χ2v) is 8.88. The van der Waals surface area contributed by atoms with E-state index in [0.29, 0.717) is 11.8 Å². The summed E-state index contributed by atoms with van der Waals surface area (Å²) in [5, 5.41) is 12.8. The van der Waals surface area contributed by atoms with Gasteiger partial charge < -0.3 is 27.5 Å². The molecular weight excluding hydrogens is 408 g/mol. The number of nitrogens with zero attached hydrogens (tertiary/aromatic N) is 2. The van der Waals surface area contributed by atoms with Gasteiger partial charge in [0.15, 0.2) is 0 Å². The van der Waals surface area contributed by atoms with Gasteiger partial charge in [-0.3, -0.25) is 4.98 Å². The molecule has 3 fully saturated rings. The summed E-state index contributed by atoms with van der Waals surface area (Å²) in [6.07, 6.45) is 5.79. The summed E-state index contributed by atoms with van der Waals surface area (Å²) in [4.78, 5) is 4.50. The molecule has 0 aliphatic carbocycles. The van der Waals surface area contributed by atoms with E-state index in [0.717, 1.165) is 47.0 Å². The summed E-state index contributed by atoms with van der Waals surface area (Å²) in [5.41, 5.74) is 3.33. The second-order valence-electron chi connectivity index (χ2n) is 8.88. The van der Waals surface area contributed by atoms with Crippen molar-refractivity contribution in [2.75, 3.05) is 13.1 Å². The highest BCUT2D eigenvalue weighted by atomic mass is 35.5. The number of halogens is 1. The summed E-state index contributed by atoms with van der Waals surface area (Å²) in [6, 6.07) is 21.2. The molecule has 5 heteroatoms. The van der Waals surface area contributed by atoms with E-state index in [9.17, 15) is 5.11 Å². The molecule has 6 rings (SSSR count). The van der Waals surface area contributed by atoms with Gasteiger partial charge in [0.05, 0.1) is 18.6 Å². The van der Waals surface area contributed by atoms with Crippen molar-refractivity contribution in [3.8, 4) is 0 Å². The van der Waals surface area contributed by atoms with Crippen molar-refractivity contribution in [2.45, 2.75) is 31.5 Å². The Morgan fingerprint density at radius 2 is 1.84 bits per heavy atom. The molecule has 0 amide bonds. The molecule has 3 N–H and O–H groups in total. The molecular formula is C26H31ClN2O2. The summed E-state index contributed by atoms with van der Waals surface area (Å²) < 4.78 is 0.953. The van der Waals surface area contributed by atoms with E-state index >= 15 is 0 Å². The quantitative estimate of drug-likeness (QED) is 0.478. The van der Waals surface area contributed by atoms with Crippen LogP contribution >= 0.6 is 0 Å². The van der Waals surface area contributed by atoms with Crippen molar-refractivity contribution in [1.82, 2.24) is 4.98 Å². The molecule has 2 aromatic carbocycles. The summed E-state index contributed by atoms with van der Waals surface area (Å²) in [6.45, 7) is 7.32. The van der Waals surface area contributed by atoms with Gasteiger partial charge in [-0.15, -0.1) is 6.58 Å². The third-order valence-corrected chi connectivity index (χ3v) is 7.38. The number of para-hydroxylation sites is 1. The zero-order valence-electron chi connectivity index (χ0n) is 17.7. The number of aliphatic hydroxyl groups excluding tert-OH is 1. The Bertz CT molecular complexity index is 1020. The highest BCUT2D eigenvalue weighted by Crippen LogP contribution is 2.47. The van der Waals surface area contributed by atoms with Gasteiger partial charge in [0.1, 0.15) is 18.7 Å². The van der Waals surface area contributed by atoms with Gasteiger partial charge in [-0.05, 0) is 23.6 Å². The molecule has 0 spiro atoms. The van der Waals surface area contributed by atoms with E-state index in [4.69, 9.17) is 0 Å². The molecule has 0 saturated carbocycles. The molecule has 164 valence electrons.